The van der Waals surface area contributed by atoms with Crippen molar-refractivity contribution in [3.05, 3.63) is 59.2 Å². The maximum atomic E-state index is 13.3. The van der Waals surface area contributed by atoms with Crippen molar-refractivity contribution in [2.75, 3.05) is 0 Å². The summed E-state index contributed by atoms with van der Waals surface area (Å²) in [4.78, 5) is 27.4. The maximum Gasteiger partial charge on any atom is 0.327 e. The molecule has 1 aliphatic heterocycles. The molecule has 0 saturated carbocycles. The lowest BCUT2D eigenvalue weighted by Crippen LogP contribution is -2.52. The first-order valence-electron chi connectivity index (χ1n) is 11.2. The van der Waals surface area contributed by atoms with E-state index in [4.69, 9.17) is 4.74 Å². The smallest absolute Gasteiger partial charge is 0.327 e. The first-order valence-corrected chi connectivity index (χ1v) is 12.1. The number of ketones is 1. The van der Waals surface area contributed by atoms with E-state index < -0.39 is 16.8 Å². The van der Waals surface area contributed by atoms with Gasteiger partial charge in [-0.3, -0.25) is 9.59 Å². The first-order chi connectivity index (χ1) is 14.9. The largest absolute Gasteiger partial charge is 0.508 e. The second-order valence-electron chi connectivity index (χ2n) is 10.2. The molecule has 3 rings (SSSR count). The highest BCUT2D eigenvalue weighted by Crippen LogP contribution is 2.42. The summed E-state index contributed by atoms with van der Waals surface area (Å²) in [6, 6.07) is 13.2. The van der Waals surface area contributed by atoms with E-state index in [-0.39, 0.29) is 29.3 Å². The Labute approximate surface area is 195 Å². The zero-order valence-electron chi connectivity index (χ0n) is 19.9. The number of rotatable bonds is 6. The van der Waals surface area contributed by atoms with Crippen LogP contribution in [0.5, 0.6) is 5.75 Å². The van der Waals surface area contributed by atoms with Crippen molar-refractivity contribution in [3.8, 4) is 5.75 Å². The lowest BCUT2D eigenvalue weighted by molar-refractivity contribution is -0.176. The van der Waals surface area contributed by atoms with E-state index in [2.05, 4.69) is 39.0 Å². The van der Waals surface area contributed by atoms with Crippen molar-refractivity contribution < 1.29 is 19.4 Å². The summed E-state index contributed by atoms with van der Waals surface area (Å²) < 4.78 is 6.06. The van der Waals surface area contributed by atoms with Gasteiger partial charge in [0.25, 0.3) is 0 Å². The van der Waals surface area contributed by atoms with Gasteiger partial charge in [-0.1, -0.05) is 58.9 Å². The monoisotopic (exact) mass is 454 g/mol. The number of phenolic OH excluding ortho intramolecular Hbond substituents is 1. The number of thioether (sulfide) groups is 1. The molecule has 2 aromatic carbocycles. The molecule has 0 radical (unpaired) electrons. The fourth-order valence-electron chi connectivity index (χ4n) is 4.17. The number of Topliss-reactive ketones (excluding diaryl/α,β-unsaturated/α-hetero) is 1. The summed E-state index contributed by atoms with van der Waals surface area (Å²) >= 11 is 1.33. The summed E-state index contributed by atoms with van der Waals surface area (Å²) in [6.07, 6.45) is 1.47. The van der Waals surface area contributed by atoms with Crippen LogP contribution in [0.1, 0.15) is 64.2 Å². The Bertz CT molecular complexity index is 968. The van der Waals surface area contributed by atoms with E-state index in [0.717, 1.165) is 21.6 Å². The molecule has 2 unspecified atom stereocenters. The molecule has 1 N–H and O–H groups in total. The molecule has 1 heterocycles. The Balaban J connectivity index is 1.80. The van der Waals surface area contributed by atoms with E-state index in [9.17, 15) is 14.7 Å². The van der Waals surface area contributed by atoms with Gasteiger partial charge in [0, 0.05) is 11.3 Å². The van der Waals surface area contributed by atoms with Crippen LogP contribution in [0, 0.1) is 12.8 Å². The Morgan fingerprint density at radius 2 is 1.78 bits per heavy atom. The fraction of sp³-hybridized carbons (Fsp3) is 0.481. The fourth-order valence-corrected chi connectivity index (χ4v) is 5.53. The molecule has 0 amide bonds. The third-order valence-electron chi connectivity index (χ3n) is 6.30. The van der Waals surface area contributed by atoms with Gasteiger partial charge in [-0.15, -0.1) is 11.8 Å². The molecule has 2 aromatic rings. The van der Waals surface area contributed by atoms with Gasteiger partial charge in [-0.05, 0) is 66.0 Å². The number of aromatic hydroxyl groups is 1. The minimum atomic E-state index is -0.835. The zero-order chi connectivity index (χ0) is 23.7. The van der Waals surface area contributed by atoms with Gasteiger partial charge in [-0.2, -0.15) is 0 Å². The molecule has 172 valence electrons. The van der Waals surface area contributed by atoms with Crippen LogP contribution in [0.2, 0.25) is 0 Å². The molecule has 4 nitrogen and oxygen atoms in total. The van der Waals surface area contributed by atoms with E-state index in [0.29, 0.717) is 12.8 Å². The average molecular weight is 455 g/mol. The first kappa shape index (κ1) is 24.4. The Morgan fingerprint density at radius 1 is 1.12 bits per heavy atom. The highest BCUT2D eigenvalue weighted by molar-refractivity contribution is 8.01. The van der Waals surface area contributed by atoms with Gasteiger partial charge in [0.15, 0.2) is 11.0 Å². The number of benzene rings is 2. The average Bonchev–Trinajstić information content (AvgIpc) is 2.69. The van der Waals surface area contributed by atoms with Gasteiger partial charge in [-0.25, -0.2) is 0 Å². The van der Waals surface area contributed by atoms with Crippen LogP contribution in [0.3, 0.4) is 0 Å². The topological polar surface area (TPSA) is 63.6 Å². The molecule has 0 bridgehead atoms. The van der Waals surface area contributed by atoms with Gasteiger partial charge in [0.1, 0.15) is 11.4 Å². The van der Waals surface area contributed by atoms with Crippen LogP contribution in [-0.4, -0.2) is 27.7 Å². The minimum Gasteiger partial charge on any atom is -0.508 e. The number of cyclic esters (lactones) is 1. The van der Waals surface area contributed by atoms with E-state index in [1.165, 1.54) is 11.8 Å². The van der Waals surface area contributed by atoms with E-state index in [1.807, 2.05) is 32.9 Å². The second-order valence-corrected chi connectivity index (χ2v) is 11.3. The summed E-state index contributed by atoms with van der Waals surface area (Å²) in [6.45, 7) is 12.4. The number of hydrogen-bond donors (Lipinski definition) is 1. The van der Waals surface area contributed by atoms with Crippen molar-refractivity contribution >= 4 is 23.5 Å². The summed E-state index contributed by atoms with van der Waals surface area (Å²) in [5, 5.41) is 8.67. The van der Waals surface area contributed by atoms with Gasteiger partial charge >= 0.3 is 5.97 Å². The Morgan fingerprint density at radius 3 is 2.34 bits per heavy atom. The highest BCUT2D eigenvalue weighted by atomic mass is 32.2. The number of carbonyl (C=O) groups is 2. The van der Waals surface area contributed by atoms with Gasteiger partial charge in [0.05, 0.1) is 0 Å². The summed E-state index contributed by atoms with van der Waals surface area (Å²) in [7, 11) is 0. The van der Waals surface area contributed by atoms with Crippen molar-refractivity contribution in [1.82, 2.24) is 0 Å². The third-order valence-corrected chi connectivity index (χ3v) is 7.58. The van der Waals surface area contributed by atoms with Crippen molar-refractivity contribution in [1.29, 1.82) is 0 Å². The summed E-state index contributed by atoms with van der Waals surface area (Å²) in [5.74, 6) is -0.265. The summed E-state index contributed by atoms with van der Waals surface area (Å²) in [5.41, 5.74) is 2.37. The molecule has 5 heteroatoms. The predicted octanol–water partition coefficient (Wildman–Crippen LogP) is 6.00. The van der Waals surface area contributed by atoms with Crippen molar-refractivity contribution in [2.45, 2.75) is 82.0 Å². The second kappa shape index (κ2) is 9.30. The van der Waals surface area contributed by atoms with Crippen LogP contribution >= 0.6 is 11.8 Å². The number of esters is 1. The molecule has 2 atom stereocenters. The van der Waals surface area contributed by atoms with Crippen molar-refractivity contribution in [3.63, 3.8) is 0 Å². The molecule has 32 heavy (non-hydrogen) atoms. The Kier molecular flexibility index (Phi) is 7.09. The molecule has 1 fully saturated rings. The van der Waals surface area contributed by atoms with E-state index in [1.54, 1.807) is 12.1 Å². The quantitative estimate of drug-likeness (QED) is 0.428. The number of carbonyl (C=O) groups excluding carboxylic acids is 2. The number of hydrogen-bond acceptors (Lipinski definition) is 5. The van der Waals surface area contributed by atoms with Crippen molar-refractivity contribution in [2.24, 2.45) is 5.92 Å². The Hall–Kier alpha value is -2.27. The number of phenols is 1. The van der Waals surface area contributed by atoms with Gasteiger partial charge in [0.2, 0.25) is 0 Å². The van der Waals surface area contributed by atoms with Gasteiger partial charge < -0.3 is 9.84 Å². The van der Waals surface area contributed by atoms with Crippen LogP contribution in [0.4, 0.5) is 0 Å². The number of aryl methyl sites for hydroxylation is 2. The molecule has 0 aliphatic carbocycles. The lowest BCUT2D eigenvalue weighted by Gasteiger charge is -2.41. The SMILES string of the molecule is Cc1ccc(C(C)(C)C)c(SC2C(=O)CC(CCc3ccc(O)cc3)(C(C)C)OC2=O)c1. The van der Waals surface area contributed by atoms with Crippen LogP contribution in [0.25, 0.3) is 0 Å². The lowest BCUT2D eigenvalue weighted by atomic mass is 9.78. The highest BCUT2D eigenvalue weighted by Gasteiger charge is 2.49. The zero-order valence-corrected chi connectivity index (χ0v) is 20.7. The van der Waals surface area contributed by atoms with E-state index >= 15 is 0 Å². The molecule has 1 aliphatic rings. The molecule has 0 spiro atoms. The molecule has 0 aromatic heterocycles. The standard InChI is InChI=1S/C27H34O4S/c1-17(2)27(14-13-19-8-10-20(28)11-9-19)16-22(29)24(25(30)31-27)32-23-15-18(3)7-12-21(23)26(4,5)6/h7-12,15,17,24,28H,13-14,16H2,1-6H3. The van der Waals surface area contributed by atoms with Crippen LogP contribution in [0.15, 0.2) is 47.4 Å². The molecular weight excluding hydrogens is 420 g/mol. The maximum absolute atomic E-state index is 13.3. The van der Waals surface area contributed by atoms with Crippen LogP contribution in [-0.2, 0) is 26.2 Å². The predicted molar refractivity (Wildman–Crippen MR) is 129 cm³/mol. The normalized spacial score (nSPS) is 21.7. The third kappa shape index (κ3) is 5.37. The van der Waals surface area contributed by atoms with Crippen LogP contribution < -0.4 is 0 Å². The number of ether oxygens (including phenoxy) is 1. The minimum absolute atomic E-state index is 0.0163. The molecular formula is C27H34O4S. The molecule has 1 saturated heterocycles.